The Morgan fingerprint density at radius 1 is 0.870 bits per heavy atom. The first kappa shape index (κ1) is 15.5. The second-order valence-electron chi connectivity index (χ2n) is 5.30. The Morgan fingerprint density at radius 2 is 1.48 bits per heavy atom. The molecule has 0 unspecified atom stereocenters. The summed E-state index contributed by atoms with van der Waals surface area (Å²) < 4.78 is 2.08. The molecule has 3 heteroatoms. The molecule has 0 aliphatic rings. The lowest BCUT2D eigenvalue weighted by Gasteiger charge is -2.02. The average Bonchev–Trinajstić information content (AvgIpc) is 2.63. The van der Waals surface area contributed by atoms with Crippen molar-refractivity contribution in [3.8, 4) is 0 Å². The third-order valence-electron chi connectivity index (χ3n) is 3.71. The molecule has 0 amide bonds. The van der Waals surface area contributed by atoms with Crippen LogP contribution < -0.4 is 4.57 Å². The van der Waals surface area contributed by atoms with Crippen LogP contribution in [-0.4, -0.2) is 12.0 Å². The van der Waals surface area contributed by atoms with Crippen molar-refractivity contribution in [3.05, 3.63) is 95.8 Å². The van der Waals surface area contributed by atoms with Crippen LogP contribution >= 0.6 is 11.8 Å². The minimum Gasteiger partial charge on any atom is -0.289 e. The molecule has 114 valence electrons. The largest absolute Gasteiger partial charge is 0.289 e. The van der Waals surface area contributed by atoms with Gasteiger partial charge in [0.1, 0.15) is 0 Å². The predicted octanol–water partition coefficient (Wildman–Crippen LogP) is 3.98. The minimum absolute atomic E-state index is 0.0575. The van der Waals surface area contributed by atoms with Gasteiger partial charge in [0.2, 0.25) is 0 Å². The summed E-state index contributed by atoms with van der Waals surface area (Å²) in [5.41, 5.74) is 2.68. The normalized spacial score (nSPS) is 10.5. The Hall–Kier alpha value is -2.39. The molecular formula is C20H18NOS+. The van der Waals surface area contributed by atoms with Crippen LogP contribution in [0.1, 0.15) is 21.5 Å². The monoisotopic (exact) mass is 320 g/mol. The van der Waals surface area contributed by atoms with E-state index >= 15 is 0 Å². The fraction of sp³-hybridized carbons (Fsp3) is 0.100. The number of benzene rings is 2. The van der Waals surface area contributed by atoms with Crippen LogP contribution in [0.15, 0.2) is 84.0 Å². The highest BCUT2D eigenvalue weighted by molar-refractivity contribution is 7.98. The molecular weight excluding hydrogens is 302 g/mol. The predicted molar refractivity (Wildman–Crippen MR) is 93.8 cm³/mol. The summed E-state index contributed by atoms with van der Waals surface area (Å²) in [6.45, 7) is 0.800. The van der Waals surface area contributed by atoms with Gasteiger partial charge in [0.15, 0.2) is 24.7 Å². The summed E-state index contributed by atoms with van der Waals surface area (Å²) in [6, 6.07) is 21.7. The van der Waals surface area contributed by atoms with Crippen LogP contribution in [0.2, 0.25) is 0 Å². The molecule has 0 radical (unpaired) electrons. The highest BCUT2D eigenvalue weighted by Gasteiger charge is 2.10. The van der Waals surface area contributed by atoms with Gasteiger partial charge in [0.25, 0.3) is 0 Å². The molecule has 3 rings (SSSR count). The van der Waals surface area contributed by atoms with Gasteiger partial charge in [-0.2, -0.15) is 0 Å². The van der Waals surface area contributed by atoms with E-state index in [1.807, 2.05) is 54.9 Å². The lowest BCUT2D eigenvalue weighted by Crippen LogP contribution is -2.33. The molecule has 0 saturated heterocycles. The molecule has 2 nitrogen and oxygen atoms in total. The van der Waals surface area contributed by atoms with Gasteiger partial charge >= 0.3 is 0 Å². The van der Waals surface area contributed by atoms with Crippen molar-refractivity contribution in [2.24, 2.45) is 0 Å². The molecule has 0 spiro atoms. The topological polar surface area (TPSA) is 20.9 Å². The van der Waals surface area contributed by atoms with Crippen LogP contribution in [-0.2, 0) is 6.54 Å². The minimum atomic E-state index is 0.0575. The molecule has 2 aromatic carbocycles. The van der Waals surface area contributed by atoms with Crippen molar-refractivity contribution >= 4 is 17.5 Å². The first-order valence-electron chi connectivity index (χ1n) is 7.48. The van der Waals surface area contributed by atoms with E-state index < -0.39 is 0 Å². The molecule has 0 aliphatic carbocycles. The van der Waals surface area contributed by atoms with Crippen molar-refractivity contribution in [2.75, 3.05) is 6.26 Å². The van der Waals surface area contributed by atoms with E-state index in [-0.39, 0.29) is 5.78 Å². The molecule has 1 heterocycles. The van der Waals surface area contributed by atoms with Crippen molar-refractivity contribution in [1.29, 1.82) is 0 Å². The van der Waals surface area contributed by atoms with Gasteiger partial charge in [0.05, 0.1) is 0 Å². The first-order chi connectivity index (χ1) is 11.3. The fourth-order valence-corrected chi connectivity index (χ4v) is 2.82. The number of pyridine rings is 1. The number of carbonyl (C=O) groups is 1. The van der Waals surface area contributed by atoms with Gasteiger partial charge in [-0.25, -0.2) is 4.57 Å². The number of hydrogen-bond acceptors (Lipinski definition) is 2. The summed E-state index contributed by atoms with van der Waals surface area (Å²) in [6.07, 6.45) is 5.99. The van der Waals surface area contributed by atoms with Crippen LogP contribution in [0.5, 0.6) is 0 Å². The number of hydrogen-bond donors (Lipinski definition) is 0. The van der Waals surface area contributed by atoms with E-state index in [0.717, 1.165) is 12.1 Å². The SMILES string of the molecule is CSc1ccc(C[n+]2ccc(C(=O)c3ccccc3)cc2)cc1. The summed E-state index contributed by atoms with van der Waals surface area (Å²) in [5, 5.41) is 0. The van der Waals surface area contributed by atoms with Crippen LogP contribution in [0.3, 0.4) is 0 Å². The Bertz CT molecular complexity index is 780. The van der Waals surface area contributed by atoms with E-state index in [1.165, 1.54) is 10.5 Å². The third kappa shape index (κ3) is 3.88. The van der Waals surface area contributed by atoms with E-state index in [1.54, 1.807) is 11.8 Å². The van der Waals surface area contributed by atoms with Crippen molar-refractivity contribution in [2.45, 2.75) is 11.4 Å². The van der Waals surface area contributed by atoms with Crippen molar-refractivity contribution < 1.29 is 9.36 Å². The zero-order valence-electron chi connectivity index (χ0n) is 13.0. The highest BCUT2D eigenvalue weighted by atomic mass is 32.2. The van der Waals surface area contributed by atoms with Crippen LogP contribution in [0.4, 0.5) is 0 Å². The van der Waals surface area contributed by atoms with Gasteiger partial charge in [-0.3, -0.25) is 4.79 Å². The number of nitrogens with zero attached hydrogens (tertiary/aromatic N) is 1. The van der Waals surface area contributed by atoms with Gasteiger partial charge in [0, 0.05) is 33.7 Å². The second-order valence-corrected chi connectivity index (χ2v) is 6.18. The van der Waals surface area contributed by atoms with Gasteiger partial charge in [-0.15, -0.1) is 11.8 Å². The lowest BCUT2D eigenvalue weighted by atomic mass is 10.0. The molecule has 0 atom stereocenters. The molecule has 0 fully saturated rings. The van der Waals surface area contributed by atoms with Gasteiger partial charge in [-0.1, -0.05) is 42.5 Å². The molecule has 23 heavy (non-hydrogen) atoms. The third-order valence-corrected chi connectivity index (χ3v) is 4.46. The fourth-order valence-electron chi connectivity index (χ4n) is 2.41. The van der Waals surface area contributed by atoms with Gasteiger partial charge < -0.3 is 0 Å². The van der Waals surface area contributed by atoms with E-state index in [9.17, 15) is 4.79 Å². The van der Waals surface area contributed by atoms with Crippen molar-refractivity contribution in [1.82, 2.24) is 0 Å². The average molecular weight is 320 g/mol. The second kappa shape index (κ2) is 7.25. The van der Waals surface area contributed by atoms with Crippen LogP contribution in [0, 0.1) is 0 Å². The smallest absolute Gasteiger partial charge is 0.193 e. The van der Waals surface area contributed by atoms with E-state index in [2.05, 4.69) is 35.1 Å². The van der Waals surface area contributed by atoms with Crippen molar-refractivity contribution in [3.63, 3.8) is 0 Å². The summed E-state index contributed by atoms with van der Waals surface area (Å²) in [7, 11) is 0. The summed E-state index contributed by atoms with van der Waals surface area (Å²) in [4.78, 5) is 13.6. The molecule has 3 aromatic rings. The Balaban J connectivity index is 1.72. The molecule has 0 bridgehead atoms. The molecule has 0 aliphatic heterocycles. The molecule has 0 saturated carbocycles. The number of ketones is 1. The quantitative estimate of drug-likeness (QED) is 0.403. The van der Waals surface area contributed by atoms with E-state index in [4.69, 9.17) is 0 Å². The van der Waals surface area contributed by atoms with Gasteiger partial charge in [-0.05, 0) is 18.4 Å². The maximum Gasteiger partial charge on any atom is 0.193 e. The number of carbonyl (C=O) groups excluding carboxylic acids is 1. The Labute approximate surface area is 140 Å². The highest BCUT2D eigenvalue weighted by Crippen LogP contribution is 2.14. The molecule has 1 aromatic heterocycles. The standard InChI is InChI=1S/C20H18NOS/c1-23-19-9-7-16(8-10-19)15-21-13-11-18(12-14-21)20(22)17-5-3-2-4-6-17/h2-14H,15H2,1H3/q+1. The maximum absolute atomic E-state index is 12.4. The lowest BCUT2D eigenvalue weighted by molar-refractivity contribution is -0.688. The maximum atomic E-state index is 12.4. The zero-order valence-corrected chi connectivity index (χ0v) is 13.8. The Kier molecular flexibility index (Phi) is 4.89. The number of aromatic nitrogens is 1. The summed E-state index contributed by atoms with van der Waals surface area (Å²) >= 11 is 1.74. The number of rotatable bonds is 5. The Morgan fingerprint density at radius 3 is 2.09 bits per heavy atom. The number of thioether (sulfide) groups is 1. The van der Waals surface area contributed by atoms with Crippen LogP contribution in [0.25, 0.3) is 0 Å². The first-order valence-corrected chi connectivity index (χ1v) is 8.70. The van der Waals surface area contributed by atoms with E-state index in [0.29, 0.717) is 5.56 Å². The summed E-state index contributed by atoms with van der Waals surface area (Å²) in [5.74, 6) is 0.0575. The molecule has 0 N–H and O–H groups in total. The zero-order chi connectivity index (χ0) is 16.1.